The smallest absolute Gasteiger partial charge is 0.304 e. The zero-order valence-electron chi connectivity index (χ0n) is 32.0. The topological polar surface area (TPSA) is 67.5 Å². The number of hydrogen-bond donors (Lipinski definition) is 1. The van der Waals surface area contributed by atoms with Gasteiger partial charge in [0.1, 0.15) is 4.21 Å². The third-order valence-electron chi connectivity index (χ3n) is 11.0. The Morgan fingerprint density at radius 1 is 0.724 bits per heavy atom. The monoisotopic (exact) mass is 909 g/mol. The van der Waals surface area contributed by atoms with Crippen molar-refractivity contribution in [3.63, 3.8) is 0 Å². The van der Waals surface area contributed by atoms with Crippen LogP contribution in [-0.4, -0.2) is 47.1 Å². The molecule has 0 saturated carbocycles. The number of rotatable bonds is 13. The number of benzene rings is 2. The predicted octanol–water partition coefficient (Wildman–Crippen LogP) is 13.8. The van der Waals surface area contributed by atoms with Crippen molar-refractivity contribution in [1.29, 1.82) is 0 Å². The summed E-state index contributed by atoms with van der Waals surface area (Å²) in [7, 11) is -2.14. The van der Waals surface area contributed by atoms with Crippen LogP contribution in [0.5, 0.6) is 0 Å². The summed E-state index contributed by atoms with van der Waals surface area (Å²) >= 11 is 28.9. The van der Waals surface area contributed by atoms with Gasteiger partial charge >= 0.3 is 10.1 Å². The van der Waals surface area contributed by atoms with Gasteiger partial charge in [-0.05, 0) is 172 Å². The largest absolute Gasteiger partial charge is 0.313 e. The minimum atomic E-state index is -4.33. The minimum Gasteiger partial charge on any atom is -0.313 e. The zero-order valence-corrected chi connectivity index (χ0v) is 37.5. The fourth-order valence-corrected chi connectivity index (χ4v) is 12.2. The van der Waals surface area contributed by atoms with Gasteiger partial charge in [-0.1, -0.05) is 70.7 Å². The summed E-state index contributed by atoms with van der Waals surface area (Å²) < 4.78 is 38.4. The van der Waals surface area contributed by atoms with Gasteiger partial charge in [0, 0.05) is 22.4 Å². The van der Waals surface area contributed by atoms with Gasteiger partial charge in [0.25, 0.3) is 0 Å². The predicted molar refractivity (Wildman–Crippen MR) is 246 cm³/mol. The van der Waals surface area contributed by atoms with Crippen molar-refractivity contribution < 1.29 is 13.0 Å². The fraction of sp³-hybridized carbons (Fsp3) is 0.289. The molecule has 0 aliphatic heterocycles. The van der Waals surface area contributed by atoms with Crippen LogP contribution in [0.1, 0.15) is 71.9 Å². The zero-order chi connectivity index (χ0) is 40.6. The molecule has 302 valence electrons. The van der Waals surface area contributed by atoms with E-state index < -0.39 is 10.1 Å². The molecule has 58 heavy (non-hydrogen) atoms. The van der Waals surface area contributed by atoms with Crippen LogP contribution in [0.4, 0.5) is 0 Å². The molecule has 8 rings (SSSR count). The average molecular weight is 912 g/mol. The summed E-state index contributed by atoms with van der Waals surface area (Å²) in [5.41, 5.74) is 11.1. The molecule has 6 nitrogen and oxygen atoms in total. The van der Waals surface area contributed by atoms with Crippen LogP contribution < -0.4 is 0 Å². The van der Waals surface area contributed by atoms with E-state index in [0.29, 0.717) is 20.1 Å². The molecule has 0 saturated heterocycles. The second-order valence-corrected chi connectivity index (χ2v) is 20.3. The lowest BCUT2D eigenvalue weighted by molar-refractivity contribution is 0.327. The van der Waals surface area contributed by atoms with E-state index in [1.165, 1.54) is 27.3 Å². The first-order valence-corrected chi connectivity index (χ1v) is 24.2. The third-order valence-corrected chi connectivity index (χ3v) is 15.5. The molecular formula is C45H43Cl4N3O3S3. The van der Waals surface area contributed by atoms with Gasteiger partial charge < -0.3 is 14.0 Å². The average Bonchev–Trinajstić information content (AvgIpc) is 3.92. The molecule has 2 aliphatic rings. The van der Waals surface area contributed by atoms with E-state index in [1.54, 1.807) is 29.5 Å². The maximum atomic E-state index is 12.1. The number of thiophene rings is 2. The van der Waals surface area contributed by atoms with Crippen LogP contribution in [0, 0.1) is 0 Å². The molecule has 2 aromatic carbocycles. The van der Waals surface area contributed by atoms with Crippen molar-refractivity contribution in [2.24, 2.45) is 0 Å². The highest BCUT2D eigenvalue weighted by Gasteiger charge is 2.28. The molecule has 0 spiro atoms. The number of aryl methyl sites for hydroxylation is 2. The first kappa shape index (κ1) is 41.6. The van der Waals surface area contributed by atoms with Crippen LogP contribution in [0.25, 0.3) is 44.7 Å². The Bertz CT molecular complexity index is 2650. The second kappa shape index (κ2) is 17.9. The van der Waals surface area contributed by atoms with E-state index in [-0.39, 0.29) is 4.21 Å². The summed E-state index contributed by atoms with van der Waals surface area (Å²) in [5.74, 6) is 0. The van der Waals surface area contributed by atoms with Gasteiger partial charge in [-0.25, -0.2) is 0 Å². The number of nitrogens with zero attached hydrogens (tertiary/aromatic N) is 3. The number of aromatic nitrogens is 2. The molecule has 0 radical (unpaired) electrons. The molecule has 1 N–H and O–H groups in total. The SMILES string of the molecule is CN(CCCC=Cc1cn(-c2ccc(Cl)cc2Cl)c2c1CCCc1ccsc1-2)CCCC=Cc1cn(-c2ccc(Cl)cc2Cl)c2c1CCCc1cc(S(=O)(=O)O)sc1-2. The highest BCUT2D eigenvalue weighted by atomic mass is 35.5. The highest BCUT2D eigenvalue weighted by Crippen LogP contribution is 2.45. The van der Waals surface area contributed by atoms with Crippen LogP contribution in [0.3, 0.4) is 0 Å². The first-order chi connectivity index (χ1) is 28.0. The van der Waals surface area contributed by atoms with Crippen LogP contribution >= 0.6 is 69.1 Å². The lowest BCUT2D eigenvalue weighted by atomic mass is 10.1. The van der Waals surface area contributed by atoms with Crippen LogP contribution in [-0.2, 0) is 35.8 Å². The molecule has 13 heteroatoms. The Morgan fingerprint density at radius 2 is 1.26 bits per heavy atom. The van der Waals surface area contributed by atoms with Crippen LogP contribution in [0.15, 0.2) is 82.7 Å². The van der Waals surface area contributed by atoms with Crippen molar-refractivity contribution in [2.75, 3.05) is 20.1 Å². The van der Waals surface area contributed by atoms with Crippen molar-refractivity contribution in [3.8, 4) is 32.5 Å². The third kappa shape index (κ3) is 8.85. The summed E-state index contributed by atoms with van der Waals surface area (Å²) in [4.78, 5) is 4.58. The number of unbranched alkanes of at least 4 members (excludes halogenated alkanes) is 2. The van der Waals surface area contributed by atoms with Gasteiger partial charge in [-0.2, -0.15) is 8.42 Å². The summed E-state index contributed by atoms with van der Waals surface area (Å²) in [6.45, 7) is 2.00. The maximum absolute atomic E-state index is 12.1. The lowest BCUT2D eigenvalue weighted by Crippen LogP contribution is -2.20. The minimum absolute atomic E-state index is 0.0420. The quantitative estimate of drug-likeness (QED) is 0.0926. The van der Waals surface area contributed by atoms with Gasteiger partial charge in [0.2, 0.25) is 0 Å². The van der Waals surface area contributed by atoms with Crippen molar-refractivity contribution in [3.05, 3.63) is 132 Å². The normalized spacial score (nSPS) is 14.2. The molecule has 0 fully saturated rings. The summed E-state index contributed by atoms with van der Waals surface area (Å²) in [6.07, 6.45) is 23.0. The molecular weight excluding hydrogens is 869 g/mol. The van der Waals surface area contributed by atoms with E-state index in [9.17, 15) is 13.0 Å². The highest BCUT2D eigenvalue weighted by molar-refractivity contribution is 7.88. The van der Waals surface area contributed by atoms with Gasteiger partial charge in [0.15, 0.2) is 0 Å². The van der Waals surface area contributed by atoms with Gasteiger partial charge in [0.05, 0.1) is 42.6 Å². The van der Waals surface area contributed by atoms with Crippen molar-refractivity contribution >= 4 is 91.3 Å². The Hall–Kier alpha value is -3.09. The van der Waals surface area contributed by atoms with E-state index in [4.69, 9.17) is 46.4 Å². The molecule has 4 aromatic heterocycles. The van der Waals surface area contributed by atoms with Crippen molar-refractivity contribution in [2.45, 2.75) is 68.4 Å². The van der Waals surface area contributed by atoms with E-state index >= 15 is 0 Å². The number of allylic oxidation sites excluding steroid dienone is 2. The summed E-state index contributed by atoms with van der Waals surface area (Å²) in [5, 5.41) is 4.51. The standard InChI is InChI=1S/C45H43Cl4N3O3S3/c1-50(21-6-2-4-10-31-27-51(39-18-16-33(46)25-37(39)48)42-35(31)14-8-12-29-20-23-56-44(29)42)22-7-3-5-11-32-28-52(40-19-17-34(47)26-38(40)49)43-36(32)15-9-13-30-24-41(57-45(30)43)58(53,54)55/h4-5,10-11,16-20,23-28H,2-3,6-9,12-15,21-22H2,1H3,(H,53,54,55). The lowest BCUT2D eigenvalue weighted by Gasteiger charge is -2.15. The number of halogens is 4. The Morgan fingerprint density at radius 3 is 1.79 bits per heavy atom. The van der Waals surface area contributed by atoms with E-state index in [0.717, 1.165) is 127 Å². The summed E-state index contributed by atoms with van der Waals surface area (Å²) in [6, 6.07) is 15.0. The van der Waals surface area contributed by atoms with E-state index in [2.05, 4.69) is 64.7 Å². The van der Waals surface area contributed by atoms with Crippen LogP contribution in [0.2, 0.25) is 20.1 Å². The Balaban J connectivity index is 0.906. The second-order valence-electron chi connectivity index (χ2n) is 15.0. The fourth-order valence-electron chi connectivity index (χ4n) is 8.22. The molecule has 2 aliphatic carbocycles. The number of hydrogen-bond acceptors (Lipinski definition) is 5. The van der Waals surface area contributed by atoms with Crippen molar-refractivity contribution in [1.82, 2.24) is 14.0 Å². The Labute approximate surface area is 368 Å². The van der Waals surface area contributed by atoms with Gasteiger partial charge in [-0.15, -0.1) is 22.7 Å². The molecule has 0 unspecified atom stereocenters. The molecule has 0 atom stereocenters. The maximum Gasteiger partial charge on any atom is 0.304 e. The molecule has 6 aromatic rings. The molecule has 0 amide bonds. The molecule has 4 heterocycles. The first-order valence-electron chi connectivity index (χ1n) is 19.5. The van der Waals surface area contributed by atoms with Gasteiger partial charge in [-0.3, -0.25) is 4.55 Å². The molecule has 0 bridgehead atoms. The Kier molecular flexibility index (Phi) is 12.8. The van der Waals surface area contributed by atoms with E-state index in [1.807, 2.05) is 28.8 Å². The number of fused-ring (bicyclic) bond motifs is 6.